The fraction of sp³-hybridized carbons (Fsp3) is 0.429. The van der Waals surface area contributed by atoms with Crippen LogP contribution < -0.4 is 24.8 Å². The van der Waals surface area contributed by atoms with Gasteiger partial charge in [0.2, 0.25) is 0 Å². The maximum atomic E-state index is 6.36. The number of ether oxygens (including phenoxy) is 3. The van der Waals surface area contributed by atoms with Gasteiger partial charge in [0, 0.05) is 56.1 Å². The molecule has 0 saturated carbocycles. The second-order valence-corrected chi connectivity index (χ2v) is 9.78. The smallest absolute Gasteiger partial charge is 0.170 e. The molecule has 0 atom stereocenters. The van der Waals surface area contributed by atoms with Gasteiger partial charge in [0.1, 0.15) is 11.5 Å². The molecular formula is C28H37N5O3S. The molecular weight excluding hydrogens is 486 g/mol. The zero-order valence-electron chi connectivity index (χ0n) is 22.4. The second-order valence-electron chi connectivity index (χ2n) is 9.38. The van der Waals surface area contributed by atoms with Crippen molar-refractivity contribution in [2.45, 2.75) is 20.3 Å². The van der Waals surface area contributed by atoms with Gasteiger partial charge in [-0.05, 0) is 81.5 Å². The number of thiocarbonyl (C=S) groups is 1. The Balaban J connectivity index is 1.38. The third kappa shape index (κ3) is 6.60. The standard InChI is InChI=1S/C28H37N5O3S/c1-19-20(2)24(36-25-9-11-29-23-18-27(35-5)26(34-4)17-21(23)25)8-7-22(19)31-28(37)30-10-6-12-33-15-13-32(3)14-16-33/h7-9,11,17-18H,6,10,12-16H2,1-5H3,(H2,30,31,37). The van der Waals surface area contributed by atoms with E-state index in [0.717, 1.165) is 79.2 Å². The first-order valence-electron chi connectivity index (χ1n) is 12.6. The summed E-state index contributed by atoms with van der Waals surface area (Å²) in [5, 5.41) is 8.18. The Morgan fingerprint density at radius 1 is 0.946 bits per heavy atom. The molecule has 1 aromatic heterocycles. The van der Waals surface area contributed by atoms with Crippen LogP contribution in [0.15, 0.2) is 36.5 Å². The number of hydrogen-bond donors (Lipinski definition) is 2. The summed E-state index contributed by atoms with van der Waals surface area (Å²) < 4.78 is 17.2. The molecule has 0 bridgehead atoms. The Kier molecular flexibility index (Phi) is 9.02. The maximum absolute atomic E-state index is 6.36. The van der Waals surface area contributed by atoms with Crippen molar-refractivity contribution >= 4 is 33.9 Å². The van der Waals surface area contributed by atoms with E-state index < -0.39 is 0 Å². The third-order valence-electron chi connectivity index (χ3n) is 6.95. The SMILES string of the molecule is COc1cc2nccc(Oc3ccc(NC(=S)NCCCN4CCN(C)CC4)c(C)c3C)c2cc1OC. The minimum Gasteiger partial charge on any atom is -0.493 e. The number of methoxy groups -OCH3 is 2. The van der Waals surface area contributed by atoms with Crippen molar-refractivity contribution in [3.05, 3.63) is 47.7 Å². The molecule has 2 heterocycles. The number of aromatic nitrogens is 1. The summed E-state index contributed by atoms with van der Waals surface area (Å²) in [4.78, 5) is 9.36. The predicted molar refractivity (Wildman–Crippen MR) is 154 cm³/mol. The van der Waals surface area contributed by atoms with E-state index in [0.29, 0.717) is 22.4 Å². The van der Waals surface area contributed by atoms with Crippen LogP contribution in [0, 0.1) is 13.8 Å². The van der Waals surface area contributed by atoms with Gasteiger partial charge in [0.05, 0.1) is 19.7 Å². The average molecular weight is 524 g/mol. The Hall–Kier alpha value is -3.14. The van der Waals surface area contributed by atoms with E-state index in [1.807, 2.05) is 30.3 Å². The molecule has 2 aromatic carbocycles. The Labute approximate surface area is 224 Å². The molecule has 3 aromatic rings. The molecule has 1 fully saturated rings. The molecule has 0 unspecified atom stereocenters. The Bertz CT molecular complexity index is 1240. The molecule has 0 spiro atoms. The fourth-order valence-electron chi connectivity index (χ4n) is 4.44. The summed E-state index contributed by atoms with van der Waals surface area (Å²) in [6.45, 7) is 10.6. The van der Waals surface area contributed by atoms with E-state index in [1.54, 1.807) is 20.4 Å². The van der Waals surface area contributed by atoms with Gasteiger partial charge in [-0.1, -0.05) is 0 Å². The van der Waals surface area contributed by atoms with Crippen LogP contribution in [0.5, 0.6) is 23.0 Å². The first kappa shape index (κ1) is 26.9. The van der Waals surface area contributed by atoms with Crippen LogP contribution in [0.25, 0.3) is 10.9 Å². The van der Waals surface area contributed by atoms with Gasteiger partial charge in [-0.2, -0.15) is 0 Å². The van der Waals surface area contributed by atoms with Gasteiger partial charge in [0.15, 0.2) is 16.6 Å². The first-order valence-corrected chi connectivity index (χ1v) is 13.0. The molecule has 1 aliphatic heterocycles. The first-order chi connectivity index (χ1) is 17.9. The number of pyridine rings is 1. The van der Waals surface area contributed by atoms with Gasteiger partial charge < -0.3 is 34.6 Å². The molecule has 198 valence electrons. The number of piperazine rings is 1. The summed E-state index contributed by atoms with van der Waals surface area (Å²) in [5.74, 6) is 2.74. The molecule has 4 rings (SSSR count). The summed E-state index contributed by atoms with van der Waals surface area (Å²) in [5.41, 5.74) is 3.85. The number of likely N-dealkylation sites (N-methyl/N-ethyl adjacent to an activating group) is 1. The Morgan fingerprint density at radius 2 is 1.68 bits per heavy atom. The van der Waals surface area contributed by atoms with E-state index in [1.165, 1.54) is 0 Å². The predicted octanol–water partition coefficient (Wildman–Crippen LogP) is 4.59. The monoisotopic (exact) mass is 523 g/mol. The molecule has 0 amide bonds. The Morgan fingerprint density at radius 3 is 2.41 bits per heavy atom. The van der Waals surface area contributed by atoms with Gasteiger partial charge in [0.25, 0.3) is 0 Å². The molecule has 1 aliphatic rings. The topological polar surface area (TPSA) is 71.1 Å². The summed E-state index contributed by atoms with van der Waals surface area (Å²) in [6.07, 6.45) is 2.79. The van der Waals surface area contributed by atoms with Crippen LogP contribution >= 0.6 is 12.2 Å². The number of anilines is 1. The molecule has 9 heteroatoms. The van der Waals surface area contributed by atoms with E-state index in [2.05, 4.69) is 46.3 Å². The van der Waals surface area contributed by atoms with E-state index >= 15 is 0 Å². The maximum Gasteiger partial charge on any atom is 0.170 e. The minimum absolute atomic E-state index is 0.629. The quantitative estimate of drug-likeness (QED) is 0.310. The highest BCUT2D eigenvalue weighted by Gasteiger charge is 2.15. The zero-order valence-corrected chi connectivity index (χ0v) is 23.2. The van der Waals surface area contributed by atoms with Crippen molar-refractivity contribution in [2.24, 2.45) is 0 Å². The summed E-state index contributed by atoms with van der Waals surface area (Å²) >= 11 is 5.56. The van der Waals surface area contributed by atoms with Gasteiger partial charge in [-0.3, -0.25) is 4.98 Å². The van der Waals surface area contributed by atoms with Crippen LogP contribution in [0.1, 0.15) is 17.5 Å². The van der Waals surface area contributed by atoms with Gasteiger partial charge >= 0.3 is 0 Å². The lowest BCUT2D eigenvalue weighted by molar-refractivity contribution is 0.153. The summed E-state index contributed by atoms with van der Waals surface area (Å²) in [7, 11) is 5.41. The summed E-state index contributed by atoms with van der Waals surface area (Å²) in [6, 6.07) is 9.57. The number of nitrogens with zero attached hydrogens (tertiary/aromatic N) is 3. The number of hydrogen-bond acceptors (Lipinski definition) is 7. The van der Waals surface area contributed by atoms with Crippen molar-refractivity contribution < 1.29 is 14.2 Å². The fourth-order valence-corrected chi connectivity index (χ4v) is 4.65. The van der Waals surface area contributed by atoms with Crippen LogP contribution in [-0.4, -0.2) is 80.4 Å². The molecule has 8 nitrogen and oxygen atoms in total. The van der Waals surface area contributed by atoms with Crippen LogP contribution in [-0.2, 0) is 0 Å². The highest BCUT2D eigenvalue weighted by Crippen LogP contribution is 2.38. The molecule has 0 aliphatic carbocycles. The van der Waals surface area contributed by atoms with Crippen LogP contribution in [0.3, 0.4) is 0 Å². The van der Waals surface area contributed by atoms with E-state index in [9.17, 15) is 0 Å². The lowest BCUT2D eigenvalue weighted by Gasteiger charge is -2.32. The largest absolute Gasteiger partial charge is 0.493 e. The number of fused-ring (bicyclic) bond motifs is 1. The van der Waals surface area contributed by atoms with E-state index in [-0.39, 0.29) is 0 Å². The third-order valence-corrected chi connectivity index (χ3v) is 7.19. The second kappa shape index (κ2) is 12.4. The highest BCUT2D eigenvalue weighted by atomic mass is 32.1. The molecule has 1 saturated heterocycles. The number of benzene rings is 2. The minimum atomic E-state index is 0.629. The van der Waals surface area contributed by atoms with Crippen molar-refractivity contribution in [3.8, 4) is 23.0 Å². The van der Waals surface area contributed by atoms with Crippen molar-refractivity contribution in [2.75, 3.05) is 65.9 Å². The van der Waals surface area contributed by atoms with Crippen molar-refractivity contribution in [3.63, 3.8) is 0 Å². The van der Waals surface area contributed by atoms with Gasteiger partial charge in [-0.25, -0.2) is 0 Å². The molecule has 37 heavy (non-hydrogen) atoms. The average Bonchev–Trinajstić information content (AvgIpc) is 2.91. The van der Waals surface area contributed by atoms with Crippen molar-refractivity contribution in [1.82, 2.24) is 20.1 Å². The van der Waals surface area contributed by atoms with Gasteiger partial charge in [-0.15, -0.1) is 0 Å². The lowest BCUT2D eigenvalue weighted by Crippen LogP contribution is -2.45. The molecule has 0 radical (unpaired) electrons. The lowest BCUT2D eigenvalue weighted by atomic mass is 10.1. The number of nitrogens with one attached hydrogen (secondary N) is 2. The number of rotatable bonds is 9. The van der Waals surface area contributed by atoms with Crippen molar-refractivity contribution in [1.29, 1.82) is 0 Å². The van der Waals surface area contributed by atoms with Crippen LogP contribution in [0.2, 0.25) is 0 Å². The van der Waals surface area contributed by atoms with Crippen LogP contribution in [0.4, 0.5) is 5.69 Å². The zero-order chi connectivity index (χ0) is 26.4. The normalized spacial score (nSPS) is 14.4. The highest BCUT2D eigenvalue weighted by molar-refractivity contribution is 7.80. The molecule has 2 N–H and O–H groups in total. The van der Waals surface area contributed by atoms with E-state index in [4.69, 9.17) is 26.4 Å².